The Bertz CT molecular complexity index is 1410. The maximum atomic E-state index is 12.3. The average Bonchev–Trinajstić information content (AvgIpc) is 2.79. The van der Waals surface area contributed by atoms with Gasteiger partial charge < -0.3 is 25.4 Å². The van der Waals surface area contributed by atoms with Gasteiger partial charge in [-0.3, -0.25) is 4.79 Å². The lowest BCUT2D eigenvalue weighted by Crippen LogP contribution is -2.55. The van der Waals surface area contributed by atoms with Gasteiger partial charge >= 0.3 is 5.97 Å². The molecule has 1 fully saturated rings. The van der Waals surface area contributed by atoms with E-state index in [0.29, 0.717) is 48.3 Å². The number of amides is 1. The number of pyridine rings is 3. The van der Waals surface area contributed by atoms with E-state index in [9.17, 15) is 9.59 Å². The van der Waals surface area contributed by atoms with Gasteiger partial charge in [0.05, 0.1) is 29.7 Å². The van der Waals surface area contributed by atoms with E-state index < -0.39 is 11.1 Å². The third kappa shape index (κ3) is 5.00. The predicted octanol–water partition coefficient (Wildman–Crippen LogP) is 3.84. The molecule has 5 heterocycles. The maximum Gasteiger partial charge on any atom is 0.340 e. The minimum Gasteiger partial charge on any atom is -0.470 e. The highest BCUT2D eigenvalue weighted by Gasteiger charge is 2.34. The number of cyclic esters (lactones) is 1. The lowest BCUT2D eigenvalue weighted by molar-refractivity contribution is -0.137. The van der Waals surface area contributed by atoms with Crippen LogP contribution in [0.25, 0.3) is 10.8 Å². The minimum absolute atomic E-state index is 0.0325. The number of ether oxygens (including phenoxy) is 2. The topological polar surface area (TPSA) is 133 Å². The first kappa shape index (κ1) is 25.8. The molecule has 1 amide bonds. The van der Waals surface area contributed by atoms with Gasteiger partial charge in [-0.05, 0) is 56.3 Å². The minimum atomic E-state index is -0.609. The number of nitrogens with zero attached hydrogens (tertiary/aromatic N) is 4. The molecule has 1 atom stereocenters. The normalized spacial score (nSPS) is 18.3. The molecule has 5 rings (SSSR count). The number of rotatable bonds is 7. The van der Waals surface area contributed by atoms with Crippen LogP contribution in [0.4, 0.5) is 11.6 Å². The van der Waals surface area contributed by atoms with Crippen molar-refractivity contribution in [2.75, 3.05) is 18.4 Å². The van der Waals surface area contributed by atoms with Crippen molar-refractivity contribution in [3.05, 3.63) is 47.4 Å². The van der Waals surface area contributed by atoms with Crippen molar-refractivity contribution >= 4 is 34.3 Å². The summed E-state index contributed by atoms with van der Waals surface area (Å²) in [5.41, 5.74) is 7.61. The molecule has 0 unspecified atom stereocenters. The number of hydrogen-bond donors (Lipinski definition) is 2. The Balaban J connectivity index is 1.48. The summed E-state index contributed by atoms with van der Waals surface area (Å²) in [5.74, 6) is 1.30. The van der Waals surface area contributed by atoms with Crippen LogP contribution in [0.5, 0.6) is 5.88 Å². The lowest BCUT2D eigenvalue weighted by atomic mass is 9.87. The van der Waals surface area contributed by atoms with E-state index >= 15 is 0 Å². The molecule has 3 aromatic rings. The molecule has 1 saturated heterocycles. The van der Waals surface area contributed by atoms with E-state index in [4.69, 9.17) is 15.2 Å². The molecule has 200 valence electrons. The van der Waals surface area contributed by atoms with E-state index in [1.165, 1.54) is 0 Å². The van der Waals surface area contributed by atoms with Gasteiger partial charge in [-0.15, -0.1) is 0 Å². The molecule has 3 N–H and O–H groups in total. The molecule has 0 aromatic carbocycles. The number of hydrogen-bond acceptors (Lipinski definition) is 9. The zero-order valence-electron chi connectivity index (χ0n) is 22.5. The predicted molar refractivity (Wildman–Crippen MR) is 143 cm³/mol. The fourth-order valence-corrected chi connectivity index (χ4v) is 5.08. The lowest BCUT2D eigenvalue weighted by Gasteiger charge is -2.38. The Morgan fingerprint density at radius 2 is 2.00 bits per heavy atom. The highest BCUT2D eigenvalue weighted by atomic mass is 16.6. The van der Waals surface area contributed by atoms with Gasteiger partial charge in [-0.1, -0.05) is 13.3 Å². The van der Waals surface area contributed by atoms with Crippen LogP contribution in [-0.4, -0.2) is 56.5 Å². The smallest absolute Gasteiger partial charge is 0.340 e. The summed E-state index contributed by atoms with van der Waals surface area (Å²) in [6, 6.07) is 5.40. The zero-order chi connectivity index (χ0) is 27.2. The second kappa shape index (κ2) is 9.50. The quantitative estimate of drug-likeness (QED) is 0.448. The Morgan fingerprint density at radius 1 is 1.24 bits per heavy atom. The third-order valence-electron chi connectivity index (χ3n) is 7.10. The fourth-order valence-electron chi connectivity index (χ4n) is 5.08. The Hall–Kier alpha value is -3.79. The summed E-state index contributed by atoms with van der Waals surface area (Å²) in [6.07, 6.45) is 5.62. The highest BCUT2D eigenvalue weighted by Crippen LogP contribution is 2.36. The van der Waals surface area contributed by atoms with Crippen LogP contribution in [0, 0.1) is 0 Å². The number of carbonyl (C=O) groups excluding carboxylic acids is 2. The first-order valence-corrected chi connectivity index (χ1v) is 13.0. The third-order valence-corrected chi connectivity index (χ3v) is 7.10. The maximum absolute atomic E-state index is 12.3. The molecule has 0 spiro atoms. The van der Waals surface area contributed by atoms with E-state index in [-0.39, 0.29) is 18.0 Å². The SMILES string of the molecule is CCC[C@](C)(N)c1cnc(OC2CN(C(C)=O)C2)c2cnc(Nc3ccc4c(n3)CC(C)(C)OC4=O)cc12. The standard InChI is InChI=1S/C28H34N6O4/c1-6-9-28(5,29)21-13-31-25(37-17-14-34(15-17)16(2)35)20-12-30-24(10-19(20)21)33-23-8-7-18-22(32-23)11-27(3,4)38-26(18)36/h7-8,10,12-13,17H,6,9,11,14-15,29H2,1-5H3,(H,30,32,33)/t28-/m0/s1. The number of fused-ring (bicyclic) bond motifs is 2. The molecule has 0 radical (unpaired) electrons. The van der Waals surface area contributed by atoms with Crippen molar-refractivity contribution in [3.63, 3.8) is 0 Å². The summed E-state index contributed by atoms with van der Waals surface area (Å²) < 4.78 is 11.6. The Kier molecular flexibility index (Phi) is 6.46. The number of nitrogens with two attached hydrogens (primary N) is 1. The Labute approximate surface area is 221 Å². The van der Waals surface area contributed by atoms with E-state index in [1.807, 2.05) is 26.8 Å². The van der Waals surface area contributed by atoms with Crippen LogP contribution < -0.4 is 15.8 Å². The van der Waals surface area contributed by atoms with Crippen LogP contribution >= 0.6 is 0 Å². The van der Waals surface area contributed by atoms with E-state index in [0.717, 1.165) is 29.2 Å². The molecule has 2 aliphatic rings. The van der Waals surface area contributed by atoms with Gasteiger partial charge in [0.15, 0.2) is 0 Å². The summed E-state index contributed by atoms with van der Waals surface area (Å²) >= 11 is 0. The van der Waals surface area contributed by atoms with Gasteiger partial charge in [-0.25, -0.2) is 19.7 Å². The van der Waals surface area contributed by atoms with Crippen molar-refractivity contribution in [3.8, 4) is 5.88 Å². The molecule has 0 bridgehead atoms. The molecule has 0 aliphatic carbocycles. The largest absolute Gasteiger partial charge is 0.470 e. The highest BCUT2D eigenvalue weighted by molar-refractivity contribution is 5.93. The summed E-state index contributed by atoms with van der Waals surface area (Å²) in [7, 11) is 0. The van der Waals surface area contributed by atoms with Gasteiger partial charge in [0.25, 0.3) is 0 Å². The van der Waals surface area contributed by atoms with Crippen LogP contribution in [0.2, 0.25) is 0 Å². The first-order valence-electron chi connectivity index (χ1n) is 13.0. The summed E-state index contributed by atoms with van der Waals surface area (Å²) in [5, 5.41) is 4.92. The van der Waals surface area contributed by atoms with Gasteiger partial charge in [0.1, 0.15) is 23.3 Å². The molecular formula is C28H34N6O4. The first-order chi connectivity index (χ1) is 18.0. The Morgan fingerprint density at radius 3 is 2.71 bits per heavy atom. The number of nitrogens with one attached hydrogen (secondary N) is 1. The monoisotopic (exact) mass is 518 g/mol. The van der Waals surface area contributed by atoms with Crippen molar-refractivity contribution in [1.82, 2.24) is 19.9 Å². The second-order valence-electron chi connectivity index (χ2n) is 11.1. The molecule has 0 saturated carbocycles. The average molecular weight is 519 g/mol. The van der Waals surface area contributed by atoms with Crippen molar-refractivity contribution in [2.24, 2.45) is 5.73 Å². The fraction of sp³-hybridized carbons (Fsp3) is 0.464. The summed E-state index contributed by atoms with van der Waals surface area (Å²) in [4.78, 5) is 39.5. The molecule has 10 nitrogen and oxygen atoms in total. The summed E-state index contributed by atoms with van der Waals surface area (Å²) in [6.45, 7) is 10.5. The van der Waals surface area contributed by atoms with Gasteiger partial charge in [-0.2, -0.15) is 0 Å². The molecule has 10 heteroatoms. The van der Waals surface area contributed by atoms with Crippen molar-refractivity contribution in [1.29, 1.82) is 0 Å². The van der Waals surface area contributed by atoms with E-state index in [2.05, 4.69) is 27.2 Å². The van der Waals surface area contributed by atoms with Crippen molar-refractivity contribution < 1.29 is 19.1 Å². The van der Waals surface area contributed by atoms with Gasteiger partial charge in [0, 0.05) is 31.3 Å². The van der Waals surface area contributed by atoms with E-state index in [1.54, 1.807) is 36.4 Å². The number of esters is 1. The molecular weight excluding hydrogens is 484 g/mol. The molecule has 38 heavy (non-hydrogen) atoms. The molecule has 3 aromatic heterocycles. The van der Waals surface area contributed by atoms with Crippen LogP contribution in [0.3, 0.4) is 0 Å². The number of anilines is 2. The van der Waals surface area contributed by atoms with Crippen LogP contribution in [0.15, 0.2) is 30.6 Å². The number of aromatic nitrogens is 3. The van der Waals surface area contributed by atoms with Crippen LogP contribution in [0.1, 0.15) is 69.1 Å². The number of likely N-dealkylation sites (tertiary alicyclic amines) is 1. The number of carbonyl (C=O) groups is 2. The van der Waals surface area contributed by atoms with Crippen molar-refractivity contribution in [2.45, 2.75) is 71.1 Å². The zero-order valence-corrected chi connectivity index (χ0v) is 22.5. The molecule has 2 aliphatic heterocycles. The van der Waals surface area contributed by atoms with Crippen LogP contribution in [-0.2, 0) is 21.5 Å². The second-order valence-corrected chi connectivity index (χ2v) is 11.1. The van der Waals surface area contributed by atoms with Gasteiger partial charge in [0.2, 0.25) is 11.8 Å².